The zero-order chi connectivity index (χ0) is 12.7. The molecule has 0 saturated carbocycles. The molecule has 0 amide bonds. The predicted molar refractivity (Wildman–Crippen MR) is 72.8 cm³/mol. The zero-order valence-corrected chi connectivity index (χ0v) is 11.9. The first-order valence-corrected chi connectivity index (χ1v) is 6.60. The third kappa shape index (κ3) is 5.52. The van der Waals surface area contributed by atoms with Crippen molar-refractivity contribution in [2.24, 2.45) is 0 Å². The van der Waals surface area contributed by atoms with E-state index in [1.54, 1.807) is 0 Å². The molecule has 1 aromatic carbocycles. The van der Waals surface area contributed by atoms with Gasteiger partial charge in [-0.2, -0.15) is 0 Å². The lowest BCUT2D eigenvalue weighted by atomic mass is 10.1. The van der Waals surface area contributed by atoms with Gasteiger partial charge in [-0.15, -0.1) is 0 Å². The maximum Gasteiger partial charge on any atom is 0.320 e. The largest absolute Gasteiger partial charge is 0.468 e. The van der Waals surface area contributed by atoms with Gasteiger partial charge >= 0.3 is 5.97 Å². The summed E-state index contributed by atoms with van der Waals surface area (Å²) in [5.74, 6) is -0.260. The number of nitrogens with one attached hydrogen (secondary N) is 1. The van der Waals surface area contributed by atoms with Gasteiger partial charge in [0.2, 0.25) is 0 Å². The summed E-state index contributed by atoms with van der Waals surface area (Å²) >= 11 is 9.04. The Morgan fingerprint density at radius 3 is 2.71 bits per heavy atom. The van der Waals surface area contributed by atoms with Gasteiger partial charge in [0.1, 0.15) is 4.83 Å². The molecule has 0 aliphatic carbocycles. The number of carbonyl (C=O) groups is 1. The van der Waals surface area contributed by atoms with Gasteiger partial charge in [0.15, 0.2) is 0 Å². The minimum absolute atomic E-state index is 0.260. The average molecular weight is 321 g/mol. The second kappa shape index (κ2) is 7.69. The Balaban J connectivity index is 2.20. The highest BCUT2D eigenvalue weighted by Gasteiger charge is 2.13. The van der Waals surface area contributed by atoms with Crippen molar-refractivity contribution in [2.45, 2.75) is 11.2 Å². The number of hydrogen-bond acceptors (Lipinski definition) is 3. The quantitative estimate of drug-likeness (QED) is 0.497. The highest BCUT2D eigenvalue weighted by Crippen LogP contribution is 2.09. The fourth-order valence-corrected chi connectivity index (χ4v) is 1.87. The van der Waals surface area contributed by atoms with Crippen molar-refractivity contribution in [1.29, 1.82) is 0 Å². The molecule has 0 bridgehead atoms. The molecule has 17 heavy (non-hydrogen) atoms. The monoisotopic (exact) mass is 319 g/mol. The second-order valence-corrected chi connectivity index (χ2v) is 5.11. The smallest absolute Gasteiger partial charge is 0.320 e. The van der Waals surface area contributed by atoms with Crippen molar-refractivity contribution in [3.63, 3.8) is 0 Å². The summed E-state index contributed by atoms with van der Waals surface area (Å²) < 4.78 is 4.60. The molecule has 1 rings (SSSR count). The number of ether oxygens (including phenoxy) is 1. The first-order chi connectivity index (χ1) is 8.13. The Kier molecular flexibility index (Phi) is 6.55. The van der Waals surface area contributed by atoms with Gasteiger partial charge in [0, 0.05) is 11.6 Å². The SMILES string of the molecule is COC(=O)C(Br)CNCCc1ccc(Cl)cc1. The van der Waals surface area contributed by atoms with Crippen LogP contribution in [0.3, 0.4) is 0 Å². The minimum atomic E-state index is -0.294. The summed E-state index contributed by atoms with van der Waals surface area (Å²) in [6.07, 6.45) is 0.901. The molecule has 5 heteroatoms. The van der Waals surface area contributed by atoms with E-state index in [-0.39, 0.29) is 10.8 Å². The summed E-state index contributed by atoms with van der Waals surface area (Å²) in [6, 6.07) is 7.74. The van der Waals surface area contributed by atoms with Gasteiger partial charge in [-0.05, 0) is 30.7 Å². The molecular formula is C12H15BrClNO2. The van der Waals surface area contributed by atoms with Crippen LogP contribution in [-0.2, 0) is 16.0 Å². The summed E-state index contributed by atoms with van der Waals surface area (Å²) in [6.45, 7) is 1.36. The van der Waals surface area contributed by atoms with Crippen LogP contribution in [0.15, 0.2) is 24.3 Å². The third-order valence-electron chi connectivity index (χ3n) is 2.28. The van der Waals surface area contributed by atoms with Crippen LogP contribution < -0.4 is 5.32 Å². The lowest BCUT2D eigenvalue weighted by Crippen LogP contribution is -2.30. The second-order valence-electron chi connectivity index (χ2n) is 3.57. The van der Waals surface area contributed by atoms with Crippen LogP contribution in [0.4, 0.5) is 0 Å². The Bertz CT molecular complexity index is 356. The molecular weight excluding hydrogens is 305 g/mol. The average Bonchev–Trinajstić information content (AvgIpc) is 2.35. The van der Waals surface area contributed by atoms with Gasteiger partial charge in [0.25, 0.3) is 0 Å². The molecule has 0 aliphatic rings. The van der Waals surface area contributed by atoms with E-state index in [9.17, 15) is 4.79 Å². The van der Waals surface area contributed by atoms with Crippen molar-refractivity contribution < 1.29 is 9.53 Å². The molecule has 0 fully saturated rings. The fraction of sp³-hybridized carbons (Fsp3) is 0.417. The molecule has 1 unspecified atom stereocenters. The van der Waals surface area contributed by atoms with Gasteiger partial charge in [-0.3, -0.25) is 4.79 Å². The molecule has 94 valence electrons. The Morgan fingerprint density at radius 1 is 1.47 bits per heavy atom. The third-order valence-corrected chi connectivity index (χ3v) is 3.23. The molecule has 1 atom stereocenters. The molecule has 0 aliphatic heterocycles. The van der Waals surface area contributed by atoms with Crippen molar-refractivity contribution in [3.8, 4) is 0 Å². The number of carbonyl (C=O) groups excluding carboxylic acids is 1. The zero-order valence-electron chi connectivity index (χ0n) is 9.58. The van der Waals surface area contributed by atoms with Crippen molar-refractivity contribution in [3.05, 3.63) is 34.9 Å². The molecule has 1 N–H and O–H groups in total. The van der Waals surface area contributed by atoms with E-state index in [1.165, 1.54) is 12.7 Å². The summed E-state index contributed by atoms with van der Waals surface area (Å²) in [5.41, 5.74) is 1.21. The standard InChI is InChI=1S/C12H15BrClNO2/c1-17-12(16)11(13)8-15-7-6-9-2-4-10(14)5-3-9/h2-5,11,15H,6-8H2,1H3. The summed E-state index contributed by atoms with van der Waals surface area (Å²) in [5, 5.41) is 3.93. The first-order valence-electron chi connectivity index (χ1n) is 5.30. The van der Waals surface area contributed by atoms with Gasteiger partial charge in [-0.25, -0.2) is 0 Å². The molecule has 1 aromatic rings. The number of halogens is 2. The lowest BCUT2D eigenvalue weighted by molar-refractivity contribution is -0.139. The van der Waals surface area contributed by atoms with Crippen molar-refractivity contribution in [1.82, 2.24) is 5.32 Å². The van der Waals surface area contributed by atoms with E-state index < -0.39 is 0 Å². The first kappa shape index (κ1) is 14.5. The van der Waals surface area contributed by atoms with E-state index in [1.807, 2.05) is 24.3 Å². The predicted octanol–water partition coefficient (Wildman–Crippen LogP) is 2.41. The van der Waals surface area contributed by atoms with Gasteiger partial charge in [0.05, 0.1) is 7.11 Å². The van der Waals surface area contributed by atoms with Gasteiger partial charge < -0.3 is 10.1 Å². The number of methoxy groups -OCH3 is 1. The minimum Gasteiger partial charge on any atom is -0.468 e. The van der Waals surface area contributed by atoms with Crippen LogP contribution >= 0.6 is 27.5 Å². The Hall–Kier alpha value is -0.580. The fourth-order valence-electron chi connectivity index (χ4n) is 1.32. The van der Waals surface area contributed by atoms with E-state index in [4.69, 9.17) is 11.6 Å². The molecule has 0 aromatic heterocycles. The number of benzene rings is 1. The van der Waals surface area contributed by atoms with Crippen LogP contribution in [0.2, 0.25) is 5.02 Å². The lowest BCUT2D eigenvalue weighted by Gasteiger charge is -2.09. The van der Waals surface area contributed by atoms with Crippen LogP contribution in [0.25, 0.3) is 0 Å². The number of rotatable bonds is 6. The van der Waals surface area contributed by atoms with E-state index in [2.05, 4.69) is 26.0 Å². The number of esters is 1. The normalized spacial score (nSPS) is 12.2. The number of alkyl halides is 1. The maximum atomic E-state index is 11.1. The van der Waals surface area contributed by atoms with Crippen LogP contribution in [0.1, 0.15) is 5.56 Å². The summed E-state index contributed by atoms with van der Waals surface area (Å²) in [4.78, 5) is 10.8. The van der Waals surface area contributed by atoms with Crippen LogP contribution in [0, 0.1) is 0 Å². The Labute approximate surface area is 115 Å². The van der Waals surface area contributed by atoms with Crippen LogP contribution in [0.5, 0.6) is 0 Å². The van der Waals surface area contributed by atoms with E-state index >= 15 is 0 Å². The summed E-state index contributed by atoms with van der Waals surface area (Å²) in [7, 11) is 1.38. The van der Waals surface area contributed by atoms with Crippen molar-refractivity contribution in [2.75, 3.05) is 20.2 Å². The molecule has 0 saturated heterocycles. The number of hydrogen-bond donors (Lipinski definition) is 1. The maximum absolute atomic E-state index is 11.1. The molecule has 3 nitrogen and oxygen atoms in total. The topological polar surface area (TPSA) is 38.3 Å². The molecule has 0 heterocycles. The highest BCUT2D eigenvalue weighted by atomic mass is 79.9. The Morgan fingerprint density at radius 2 is 2.12 bits per heavy atom. The molecule has 0 spiro atoms. The van der Waals surface area contributed by atoms with E-state index in [0.29, 0.717) is 6.54 Å². The van der Waals surface area contributed by atoms with Crippen molar-refractivity contribution >= 4 is 33.5 Å². The highest BCUT2D eigenvalue weighted by molar-refractivity contribution is 9.10. The van der Waals surface area contributed by atoms with Crippen LogP contribution in [-0.4, -0.2) is 31.0 Å². The molecule has 0 radical (unpaired) electrons. The van der Waals surface area contributed by atoms with Gasteiger partial charge in [-0.1, -0.05) is 39.7 Å². The van der Waals surface area contributed by atoms with E-state index in [0.717, 1.165) is 18.0 Å².